The lowest BCUT2D eigenvalue weighted by Crippen LogP contribution is -2.59. The van der Waals surface area contributed by atoms with Gasteiger partial charge in [0.1, 0.15) is 30.5 Å². The van der Waals surface area contributed by atoms with Gasteiger partial charge in [0.05, 0.1) is 40.0 Å². The molecule has 0 unspecified atom stereocenters. The van der Waals surface area contributed by atoms with E-state index in [0.29, 0.717) is 17.1 Å². The number of rotatable bonds is 9. The van der Waals surface area contributed by atoms with Gasteiger partial charge in [0, 0.05) is 5.56 Å². The summed E-state index contributed by atoms with van der Waals surface area (Å²) in [6.07, 6.45) is -4.38. The Kier molecular flexibility index (Phi) is 8.55. The first-order valence-corrected chi connectivity index (χ1v) is 11.8. The van der Waals surface area contributed by atoms with Gasteiger partial charge in [-0.15, -0.1) is 0 Å². The Hall–Kier alpha value is -2.90. The molecule has 0 amide bonds. The van der Waals surface area contributed by atoms with Crippen LogP contribution in [0.3, 0.4) is 0 Å². The average molecular weight is 521 g/mol. The van der Waals surface area contributed by atoms with Gasteiger partial charge in [0.25, 0.3) is 0 Å². The molecule has 37 heavy (non-hydrogen) atoms. The highest BCUT2D eigenvalue weighted by Gasteiger charge is 2.45. The molecule has 202 valence electrons. The maximum Gasteiger partial charge on any atom is 0.186 e. The van der Waals surface area contributed by atoms with Gasteiger partial charge in [0.2, 0.25) is 0 Å². The van der Waals surface area contributed by atoms with Gasteiger partial charge in [0.15, 0.2) is 29.3 Å². The largest absolute Gasteiger partial charge is 0.504 e. The Balaban J connectivity index is 1.70. The summed E-state index contributed by atoms with van der Waals surface area (Å²) in [7, 11) is 2.94. The highest BCUT2D eigenvalue weighted by Crippen LogP contribution is 2.52. The zero-order chi connectivity index (χ0) is 26.7. The minimum absolute atomic E-state index is 0.0371. The fraction of sp³-hybridized carbons (Fsp3) is 0.462. The molecule has 2 heterocycles. The average Bonchev–Trinajstić information content (AvgIpc) is 3.28. The molecule has 2 aliphatic rings. The molecule has 11 heteroatoms. The fourth-order valence-corrected chi connectivity index (χ4v) is 4.61. The maximum absolute atomic E-state index is 10.4. The number of phenolic OH excluding ortho intramolecular Hbond substituents is 1. The predicted molar refractivity (Wildman–Crippen MR) is 130 cm³/mol. The Bertz CT molecular complexity index is 1100. The summed E-state index contributed by atoms with van der Waals surface area (Å²) in [5, 5.41) is 59.4. The van der Waals surface area contributed by atoms with E-state index in [9.17, 15) is 30.6 Å². The maximum atomic E-state index is 10.4. The van der Waals surface area contributed by atoms with Crippen LogP contribution in [0.4, 0.5) is 0 Å². The summed E-state index contributed by atoms with van der Waals surface area (Å²) in [6, 6.07) is 8.45. The summed E-state index contributed by atoms with van der Waals surface area (Å²) >= 11 is 0. The summed E-state index contributed by atoms with van der Waals surface area (Å²) in [5.41, 5.74) is 2.14. The zero-order valence-electron chi connectivity index (χ0n) is 20.4. The number of aromatic hydroxyl groups is 1. The van der Waals surface area contributed by atoms with Crippen molar-refractivity contribution < 1.29 is 54.3 Å². The fourth-order valence-electron chi connectivity index (χ4n) is 4.61. The van der Waals surface area contributed by atoms with Crippen molar-refractivity contribution >= 4 is 6.08 Å². The second-order valence-corrected chi connectivity index (χ2v) is 8.83. The number of fused-ring (bicyclic) bond motifs is 1. The van der Waals surface area contributed by atoms with Crippen molar-refractivity contribution in [1.29, 1.82) is 0 Å². The van der Waals surface area contributed by atoms with Crippen LogP contribution in [0.5, 0.6) is 23.0 Å². The number of benzene rings is 2. The molecule has 2 aliphatic heterocycles. The topological polar surface area (TPSA) is 168 Å². The van der Waals surface area contributed by atoms with Crippen LogP contribution in [-0.4, -0.2) is 95.4 Å². The third-order valence-corrected chi connectivity index (χ3v) is 6.57. The van der Waals surface area contributed by atoms with Crippen LogP contribution in [-0.2, 0) is 9.47 Å². The highest BCUT2D eigenvalue weighted by molar-refractivity contribution is 5.62. The van der Waals surface area contributed by atoms with Crippen molar-refractivity contribution in [3.05, 3.63) is 53.1 Å². The van der Waals surface area contributed by atoms with Crippen molar-refractivity contribution in [2.45, 2.75) is 42.7 Å². The number of phenols is 1. The Morgan fingerprint density at radius 1 is 0.946 bits per heavy atom. The number of ether oxygens (including phenoxy) is 5. The number of aliphatic hydroxyl groups is 5. The second kappa shape index (κ2) is 11.7. The van der Waals surface area contributed by atoms with E-state index in [0.717, 1.165) is 11.1 Å². The summed E-state index contributed by atoms with van der Waals surface area (Å²) in [4.78, 5) is 0. The number of hydrogen-bond acceptors (Lipinski definition) is 11. The highest BCUT2D eigenvalue weighted by atomic mass is 16.7. The third kappa shape index (κ3) is 5.39. The van der Waals surface area contributed by atoms with Crippen LogP contribution >= 0.6 is 0 Å². The first kappa shape index (κ1) is 27.1. The van der Waals surface area contributed by atoms with Crippen LogP contribution in [0.15, 0.2) is 36.4 Å². The molecule has 11 nitrogen and oxygen atoms in total. The van der Waals surface area contributed by atoms with Crippen molar-refractivity contribution in [2.75, 3.05) is 34.0 Å². The Morgan fingerprint density at radius 2 is 1.70 bits per heavy atom. The minimum atomic E-state index is -1.57. The molecule has 1 fully saturated rings. The van der Waals surface area contributed by atoms with Crippen LogP contribution in [0.25, 0.3) is 6.08 Å². The van der Waals surface area contributed by atoms with Crippen LogP contribution in [0.1, 0.15) is 28.7 Å². The van der Waals surface area contributed by atoms with E-state index in [1.165, 1.54) is 20.3 Å². The Morgan fingerprint density at radius 3 is 2.38 bits per heavy atom. The lowest BCUT2D eigenvalue weighted by Gasteiger charge is -2.40. The van der Waals surface area contributed by atoms with E-state index in [-0.39, 0.29) is 24.7 Å². The summed E-state index contributed by atoms with van der Waals surface area (Å²) in [5.74, 6) is 0.673. The first-order chi connectivity index (χ1) is 17.8. The van der Waals surface area contributed by atoms with Gasteiger partial charge < -0.3 is 54.3 Å². The summed E-state index contributed by atoms with van der Waals surface area (Å²) in [6.45, 7) is -0.775. The van der Waals surface area contributed by atoms with Gasteiger partial charge in [-0.3, -0.25) is 0 Å². The van der Waals surface area contributed by atoms with Gasteiger partial charge in [-0.1, -0.05) is 18.2 Å². The molecule has 0 bridgehead atoms. The van der Waals surface area contributed by atoms with E-state index in [1.807, 2.05) is 6.07 Å². The quantitative estimate of drug-likeness (QED) is 0.272. The first-order valence-electron chi connectivity index (χ1n) is 11.8. The van der Waals surface area contributed by atoms with Gasteiger partial charge >= 0.3 is 0 Å². The SMILES string of the molecule is COc1cc([C@H]2Oc3c(OC)cc(C=CCO)cc3[C@@H]2CO[C@@H]2O[C@H](CO)[C@@H](O)[C@H](O)[C@H]2O)ccc1O. The molecular weight excluding hydrogens is 488 g/mol. The third-order valence-electron chi connectivity index (χ3n) is 6.57. The number of methoxy groups -OCH3 is 2. The molecule has 4 rings (SSSR count). The van der Waals surface area contributed by atoms with E-state index < -0.39 is 49.3 Å². The number of aliphatic hydroxyl groups excluding tert-OH is 5. The standard InChI is InChI=1S/C26H32O11/c1-33-18-10-14(5-6-17(18)29)24-16(12-35-26-23(32)22(31)21(30)20(11-28)36-26)15-8-13(4-3-7-27)9-19(34-2)25(15)37-24/h3-6,8-10,16,20-24,26-32H,7,11-12H2,1-2H3/t16-,20+,21+,22-,23+,24+,26+/m0/s1. The lowest BCUT2D eigenvalue weighted by atomic mass is 9.90. The van der Waals surface area contributed by atoms with Crippen molar-refractivity contribution in [3.63, 3.8) is 0 Å². The Labute approximate surface area is 213 Å². The van der Waals surface area contributed by atoms with Crippen molar-refractivity contribution in [3.8, 4) is 23.0 Å². The van der Waals surface area contributed by atoms with E-state index in [2.05, 4.69) is 0 Å². The van der Waals surface area contributed by atoms with Gasteiger partial charge in [-0.25, -0.2) is 0 Å². The summed E-state index contributed by atoms with van der Waals surface area (Å²) < 4.78 is 28.5. The molecular formula is C26H32O11. The van der Waals surface area contributed by atoms with E-state index >= 15 is 0 Å². The molecule has 1 saturated heterocycles. The van der Waals surface area contributed by atoms with Crippen LogP contribution < -0.4 is 14.2 Å². The molecule has 2 aromatic carbocycles. The van der Waals surface area contributed by atoms with Gasteiger partial charge in [-0.2, -0.15) is 0 Å². The molecule has 0 saturated carbocycles. The van der Waals surface area contributed by atoms with Crippen LogP contribution in [0, 0.1) is 0 Å². The molecule has 0 spiro atoms. The van der Waals surface area contributed by atoms with Crippen molar-refractivity contribution in [1.82, 2.24) is 0 Å². The minimum Gasteiger partial charge on any atom is -0.504 e. The van der Waals surface area contributed by atoms with Crippen LogP contribution in [0.2, 0.25) is 0 Å². The smallest absolute Gasteiger partial charge is 0.186 e. The molecule has 0 aromatic heterocycles. The predicted octanol–water partition coefficient (Wildman–Crippen LogP) is 0.449. The molecule has 0 aliphatic carbocycles. The second-order valence-electron chi connectivity index (χ2n) is 8.83. The van der Waals surface area contributed by atoms with Gasteiger partial charge in [-0.05, 0) is 35.4 Å². The monoisotopic (exact) mass is 520 g/mol. The van der Waals surface area contributed by atoms with Crippen molar-refractivity contribution in [2.24, 2.45) is 0 Å². The lowest BCUT2D eigenvalue weighted by molar-refractivity contribution is -0.302. The number of hydrogen-bond donors (Lipinski definition) is 6. The van der Waals surface area contributed by atoms with E-state index in [4.69, 9.17) is 23.7 Å². The molecule has 2 aromatic rings. The zero-order valence-corrected chi connectivity index (χ0v) is 20.4. The normalized spacial score (nSPS) is 29.2. The molecule has 0 radical (unpaired) electrons. The van der Waals surface area contributed by atoms with E-state index in [1.54, 1.807) is 30.4 Å². The molecule has 7 atom stereocenters. The molecule has 6 N–H and O–H groups in total.